The van der Waals surface area contributed by atoms with Gasteiger partial charge in [0.1, 0.15) is 5.82 Å². The molecule has 1 fully saturated rings. The Hall–Kier alpha value is -0.830. The second-order valence-corrected chi connectivity index (χ2v) is 4.41. The van der Waals surface area contributed by atoms with Crippen molar-refractivity contribution in [1.29, 1.82) is 0 Å². The molecule has 3 nitrogen and oxygen atoms in total. The van der Waals surface area contributed by atoms with Crippen molar-refractivity contribution in [2.75, 3.05) is 13.1 Å². The van der Waals surface area contributed by atoms with Crippen LogP contribution in [0.3, 0.4) is 0 Å². The molecule has 1 saturated heterocycles. The van der Waals surface area contributed by atoms with E-state index in [1.54, 1.807) is 0 Å². The molecule has 2 aliphatic heterocycles. The minimum Gasteiger partial charge on any atom is -0.332 e. The number of nitrogens with zero attached hydrogens (tertiary/aromatic N) is 2. The molecule has 1 aromatic rings. The summed E-state index contributed by atoms with van der Waals surface area (Å²) >= 11 is 0. The van der Waals surface area contributed by atoms with E-state index in [9.17, 15) is 0 Å². The van der Waals surface area contributed by atoms with Gasteiger partial charge < -0.3 is 9.88 Å². The summed E-state index contributed by atoms with van der Waals surface area (Å²) in [7, 11) is 0. The molecule has 0 spiro atoms. The highest BCUT2D eigenvalue weighted by Gasteiger charge is 2.23. The third kappa shape index (κ3) is 1.27. The lowest BCUT2D eigenvalue weighted by Gasteiger charge is -2.18. The number of hydrogen-bond donors (Lipinski definition) is 1. The Bertz CT molecular complexity index is 323. The van der Waals surface area contributed by atoms with E-state index in [1.807, 2.05) is 0 Å². The molecule has 76 valence electrons. The van der Waals surface area contributed by atoms with E-state index >= 15 is 0 Å². The zero-order valence-electron chi connectivity index (χ0n) is 8.50. The van der Waals surface area contributed by atoms with E-state index in [1.165, 1.54) is 43.7 Å². The fourth-order valence-electron chi connectivity index (χ4n) is 2.66. The van der Waals surface area contributed by atoms with Crippen LogP contribution in [-0.4, -0.2) is 22.6 Å². The largest absolute Gasteiger partial charge is 0.332 e. The summed E-state index contributed by atoms with van der Waals surface area (Å²) < 4.78 is 2.46. The van der Waals surface area contributed by atoms with Crippen LogP contribution >= 0.6 is 0 Å². The third-order valence-electron chi connectivity index (χ3n) is 3.46. The highest BCUT2D eigenvalue weighted by atomic mass is 15.1. The van der Waals surface area contributed by atoms with Crippen LogP contribution in [0.15, 0.2) is 6.20 Å². The molecular weight excluding hydrogens is 174 g/mol. The fourth-order valence-corrected chi connectivity index (χ4v) is 2.66. The first-order valence-corrected chi connectivity index (χ1v) is 5.70. The topological polar surface area (TPSA) is 29.9 Å². The Morgan fingerprint density at radius 2 is 2.43 bits per heavy atom. The maximum Gasteiger partial charge on any atom is 0.113 e. The molecule has 3 heteroatoms. The van der Waals surface area contributed by atoms with Gasteiger partial charge in [-0.3, -0.25) is 0 Å². The minimum absolute atomic E-state index is 0.668. The smallest absolute Gasteiger partial charge is 0.113 e. The van der Waals surface area contributed by atoms with Crippen molar-refractivity contribution in [1.82, 2.24) is 14.9 Å². The Morgan fingerprint density at radius 1 is 1.43 bits per heavy atom. The first-order valence-electron chi connectivity index (χ1n) is 5.70. The summed E-state index contributed by atoms with van der Waals surface area (Å²) in [6.07, 6.45) is 7.25. The molecule has 0 bridgehead atoms. The highest BCUT2D eigenvalue weighted by molar-refractivity contribution is 5.13. The molecule has 3 heterocycles. The second kappa shape index (κ2) is 3.39. The Labute approximate surface area is 84.5 Å². The number of nitrogens with one attached hydrogen (secondary N) is 1. The summed E-state index contributed by atoms with van der Waals surface area (Å²) in [5, 5.41) is 3.41. The lowest BCUT2D eigenvalue weighted by molar-refractivity contribution is 0.498. The summed E-state index contributed by atoms with van der Waals surface area (Å²) in [5.74, 6) is 2.01. The van der Waals surface area contributed by atoms with Crippen LogP contribution in [0.1, 0.15) is 36.7 Å². The van der Waals surface area contributed by atoms with Crippen molar-refractivity contribution in [3.05, 3.63) is 17.7 Å². The van der Waals surface area contributed by atoms with Crippen molar-refractivity contribution in [3.63, 3.8) is 0 Å². The van der Waals surface area contributed by atoms with Gasteiger partial charge in [-0.25, -0.2) is 4.98 Å². The summed E-state index contributed by atoms with van der Waals surface area (Å²) in [6.45, 7) is 3.48. The lowest BCUT2D eigenvalue weighted by atomic mass is 10.1. The van der Waals surface area contributed by atoms with Gasteiger partial charge in [0.25, 0.3) is 0 Å². The van der Waals surface area contributed by atoms with Gasteiger partial charge in [-0.15, -0.1) is 0 Å². The average molecular weight is 191 g/mol. The highest BCUT2D eigenvalue weighted by Crippen LogP contribution is 2.25. The van der Waals surface area contributed by atoms with Gasteiger partial charge in [0, 0.05) is 30.9 Å². The van der Waals surface area contributed by atoms with Gasteiger partial charge in [-0.1, -0.05) is 0 Å². The maximum absolute atomic E-state index is 4.60. The summed E-state index contributed by atoms with van der Waals surface area (Å²) in [5.41, 5.74) is 1.46. The first kappa shape index (κ1) is 8.48. The Kier molecular flexibility index (Phi) is 2.05. The molecule has 14 heavy (non-hydrogen) atoms. The number of hydrogen-bond acceptors (Lipinski definition) is 2. The van der Waals surface area contributed by atoms with Crippen molar-refractivity contribution < 1.29 is 0 Å². The summed E-state index contributed by atoms with van der Waals surface area (Å²) in [6, 6.07) is 0. The number of rotatable bonds is 1. The van der Waals surface area contributed by atoms with Gasteiger partial charge in [0.05, 0.1) is 0 Å². The summed E-state index contributed by atoms with van der Waals surface area (Å²) in [4.78, 5) is 4.60. The monoisotopic (exact) mass is 191 g/mol. The lowest BCUT2D eigenvalue weighted by Crippen LogP contribution is -2.16. The molecule has 0 aromatic carbocycles. The van der Waals surface area contributed by atoms with Crippen molar-refractivity contribution in [2.24, 2.45) is 0 Å². The van der Waals surface area contributed by atoms with Crippen LogP contribution in [0.5, 0.6) is 0 Å². The molecule has 1 N–H and O–H groups in total. The molecule has 1 atom stereocenters. The minimum atomic E-state index is 0.668. The molecule has 0 radical (unpaired) electrons. The van der Waals surface area contributed by atoms with E-state index in [4.69, 9.17) is 0 Å². The van der Waals surface area contributed by atoms with E-state index in [0.717, 1.165) is 13.1 Å². The van der Waals surface area contributed by atoms with E-state index in [0.29, 0.717) is 5.92 Å². The molecular formula is C11H17N3. The SMILES string of the molecule is c1nc(C2CCNC2)n2c1CCCC2. The van der Waals surface area contributed by atoms with Gasteiger partial charge in [0.15, 0.2) is 0 Å². The second-order valence-electron chi connectivity index (χ2n) is 4.41. The van der Waals surface area contributed by atoms with Gasteiger partial charge >= 0.3 is 0 Å². The normalized spacial score (nSPS) is 26.4. The predicted octanol–water partition coefficient (Wildman–Crippen LogP) is 1.30. The number of aryl methyl sites for hydroxylation is 1. The van der Waals surface area contributed by atoms with E-state index in [-0.39, 0.29) is 0 Å². The van der Waals surface area contributed by atoms with Crippen molar-refractivity contribution in [2.45, 2.75) is 38.1 Å². The number of fused-ring (bicyclic) bond motifs is 1. The van der Waals surface area contributed by atoms with Crippen molar-refractivity contribution >= 4 is 0 Å². The Balaban J connectivity index is 1.93. The van der Waals surface area contributed by atoms with E-state index < -0.39 is 0 Å². The number of imidazole rings is 1. The van der Waals surface area contributed by atoms with Gasteiger partial charge in [-0.2, -0.15) is 0 Å². The van der Waals surface area contributed by atoms with E-state index in [2.05, 4.69) is 21.1 Å². The standard InChI is InChI=1S/C11H17N3/c1-2-6-14-10(3-1)8-13-11(14)9-4-5-12-7-9/h8-9,12H,1-7H2. The van der Waals surface area contributed by atoms with Crippen LogP contribution in [0.4, 0.5) is 0 Å². The molecule has 1 aromatic heterocycles. The Morgan fingerprint density at radius 3 is 3.29 bits per heavy atom. The quantitative estimate of drug-likeness (QED) is 0.725. The molecule has 0 aliphatic carbocycles. The van der Waals surface area contributed by atoms with Crippen LogP contribution in [0.25, 0.3) is 0 Å². The zero-order valence-corrected chi connectivity index (χ0v) is 8.50. The molecule has 0 amide bonds. The van der Waals surface area contributed by atoms with Crippen LogP contribution in [0.2, 0.25) is 0 Å². The first-order chi connectivity index (χ1) is 6.95. The van der Waals surface area contributed by atoms with Crippen LogP contribution in [0, 0.1) is 0 Å². The average Bonchev–Trinajstić information content (AvgIpc) is 2.85. The van der Waals surface area contributed by atoms with Crippen LogP contribution < -0.4 is 5.32 Å². The zero-order chi connectivity index (χ0) is 9.38. The molecule has 3 rings (SSSR count). The molecule has 2 aliphatic rings. The number of aromatic nitrogens is 2. The molecule has 0 saturated carbocycles. The fraction of sp³-hybridized carbons (Fsp3) is 0.727. The maximum atomic E-state index is 4.60. The molecule has 1 unspecified atom stereocenters. The predicted molar refractivity (Wildman–Crippen MR) is 55.4 cm³/mol. The van der Waals surface area contributed by atoms with Crippen molar-refractivity contribution in [3.8, 4) is 0 Å². The van der Waals surface area contributed by atoms with Gasteiger partial charge in [-0.05, 0) is 32.2 Å². The van der Waals surface area contributed by atoms with Crippen LogP contribution in [-0.2, 0) is 13.0 Å². The third-order valence-corrected chi connectivity index (χ3v) is 3.46. The van der Waals surface area contributed by atoms with Gasteiger partial charge in [0.2, 0.25) is 0 Å².